The lowest BCUT2D eigenvalue weighted by Gasteiger charge is -2.15. The number of halogens is 6. The van der Waals surface area contributed by atoms with Crippen LogP contribution in [-0.4, -0.2) is 11.3 Å². The highest BCUT2D eigenvalue weighted by Crippen LogP contribution is 2.40. The van der Waals surface area contributed by atoms with E-state index in [1.54, 1.807) is 18.2 Å². The molecule has 0 fully saturated rings. The predicted octanol–water partition coefficient (Wildman–Crippen LogP) is 5.18. The molecule has 0 atom stereocenters. The first-order valence-electron chi connectivity index (χ1n) is 6.19. The van der Waals surface area contributed by atoms with Crippen molar-refractivity contribution < 1.29 is 31.4 Å². The number of alkyl halides is 6. The van der Waals surface area contributed by atoms with E-state index < -0.39 is 34.8 Å². The van der Waals surface area contributed by atoms with Crippen molar-refractivity contribution in [3.05, 3.63) is 59.2 Å². The van der Waals surface area contributed by atoms with E-state index in [1.807, 2.05) is 0 Å². The summed E-state index contributed by atoms with van der Waals surface area (Å²) in [4.78, 5) is 3.74. The molecule has 0 aromatic heterocycles. The zero-order valence-electron chi connectivity index (χ0n) is 11.3. The molecule has 23 heavy (non-hydrogen) atoms. The molecule has 2 aromatic carbocycles. The van der Waals surface area contributed by atoms with Gasteiger partial charge in [0.05, 0.1) is 16.8 Å². The van der Waals surface area contributed by atoms with Gasteiger partial charge in [-0.2, -0.15) is 26.3 Å². The molecule has 1 N–H and O–H groups in total. The van der Waals surface area contributed by atoms with E-state index in [0.29, 0.717) is 11.9 Å². The fourth-order valence-corrected chi connectivity index (χ4v) is 1.82. The summed E-state index contributed by atoms with van der Waals surface area (Å²) >= 11 is 0. The summed E-state index contributed by atoms with van der Waals surface area (Å²) in [6, 6.07) is 8.01. The number of hydrogen-bond acceptors (Lipinski definition) is 2. The molecule has 0 saturated carbocycles. The van der Waals surface area contributed by atoms with E-state index in [4.69, 9.17) is 0 Å². The number of hydrogen-bond donors (Lipinski definition) is 1. The highest BCUT2D eigenvalue weighted by molar-refractivity contribution is 5.87. The number of rotatable bonds is 2. The Bertz CT molecular complexity index is 719. The van der Waals surface area contributed by atoms with Crippen LogP contribution in [0.4, 0.5) is 32.0 Å². The van der Waals surface area contributed by atoms with Crippen LogP contribution in [0.2, 0.25) is 0 Å². The first kappa shape index (κ1) is 16.9. The van der Waals surface area contributed by atoms with Gasteiger partial charge in [-0.15, -0.1) is 0 Å². The summed E-state index contributed by atoms with van der Waals surface area (Å²) in [6.45, 7) is 0. The molecule has 8 heteroatoms. The number of para-hydroxylation sites is 1. The van der Waals surface area contributed by atoms with Crippen molar-refractivity contribution in [2.75, 3.05) is 0 Å². The normalized spacial score (nSPS) is 12.8. The van der Waals surface area contributed by atoms with E-state index >= 15 is 0 Å². The Kier molecular flexibility index (Phi) is 4.35. The van der Waals surface area contributed by atoms with Crippen LogP contribution in [0.3, 0.4) is 0 Å². The number of aliphatic imine (C=N–C) groups is 1. The molecular formula is C15H9F6NO. The SMILES string of the molecule is Oc1cc(C(F)(F)F)cc(C(F)(F)F)c1/C=N/c1ccccc1. The number of aromatic hydroxyl groups is 1. The van der Waals surface area contributed by atoms with Crippen LogP contribution in [0.15, 0.2) is 47.5 Å². The maximum atomic E-state index is 13.0. The standard InChI is InChI=1S/C15H9F6NO/c16-14(17,18)9-6-12(15(19,20)21)11(13(23)7-9)8-22-10-4-2-1-3-5-10/h1-8,23H/b22-8+. The molecule has 2 nitrogen and oxygen atoms in total. The van der Waals surface area contributed by atoms with Crippen LogP contribution in [0.5, 0.6) is 5.75 Å². The van der Waals surface area contributed by atoms with Crippen molar-refractivity contribution in [3.63, 3.8) is 0 Å². The number of phenols is 1. The van der Waals surface area contributed by atoms with E-state index in [1.165, 1.54) is 12.1 Å². The van der Waals surface area contributed by atoms with Gasteiger partial charge in [-0.3, -0.25) is 4.99 Å². The highest BCUT2D eigenvalue weighted by atomic mass is 19.4. The highest BCUT2D eigenvalue weighted by Gasteiger charge is 2.39. The average molecular weight is 333 g/mol. The van der Waals surface area contributed by atoms with Gasteiger partial charge in [0.2, 0.25) is 0 Å². The molecule has 0 bridgehead atoms. The van der Waals surface area contributed by atoms with Gasteiger partial charge < -0.3 is 5.11 Å². The Morgan fingerprint density at radius 2 is 1.48 bits per heavy atom. The Morgan fingerprint density at radius 3 is 2.00 bits per heavy atom. The molecule has 0 saturated heterocycles. The van der Waals surface area contributed by atoms with Crippen molar-refractivity contribution in [3.8, 4) is 5.75 Å². The van der Waals surface area contributed by atoms with Crippen LogP contribution in [0, 0.1) is 0 Å². The second kappa shape index (κ2) is 5.94. The van der Waals surface area contributed by atoms with E-state index in [2.05, 4.69) is 4.99 Å². The largest absolute Gasteiger partial charge is 0.507 e. The summed E-state index contributed by atoms with van der Waals surface area (Å²) in [5.41, 5.74) is -3.72. The molecule has 0 aliphatic carbocycles. The van der Waals surface area contributed by atoms with E-state index in [9.17, 15) is 31.4 Å². The van der Waals surface area contributed by atoms with Gasteiger partial charge in [0.1, 0.15) is 5.75 Å². The van der Waals surface area contributed by atoms with Crippen molar-refractivity contribution >= 4 is 11.9 Å². The first-order valence-corrected chi connectivity index (χ1v) is 6.19. The molecule has 0 spiro atoms. The number of nitrogens with zero attached hydrogens (tertiary/aromatic N) is 1. The molecule has 0 unspecified atom stereocenters. The number of benzene rings is 2. The average Bonchev–Trinajstić information content (AvgIpc) is 2.44. The lowest BCUT2D eigenvalue weighted by molar-refractivity contribution is -0.143. The zero-order valence-corrected chi connectivity index (χ0v) is 11.3. The van der Waals surface area contributed by atoms with E-state index in [0.717, 1.165) is 0 Å². The van der Waals surface area contributed by atoms with Crippen LogP contribution in [0.25, 0.3) is 0 Å². The lowest BCUT2D eigenvalue weighted by Crippen LogP contribution is -2.13. The third-order valence-electron chi connectivity index (χ3n) is 2.89. The van der Waals surface area contributed by atoms with E-state index in [-0.39, 0.29) is 12.1 Å². The minimum absolute atomic E-state index is 0.0495. The fraction of sp³-hybridized carbons (Fsp3) is 0.133. The van der Waals surface area contributed by atoms with Gasteiger partial charge in [0.25, 0.3) is 0 Å². The van der Waals surface area contributed by atoms with Crippen LogP contribution < -0.4 is 0 Å². The monoisotopic (exact) mass is 333 g/mol. The van der Waals surface area contributed by atoms with Crippen LogP contribution in [0.1, 0.15) is 16.7 Å². The lowest BCUT2D eigenvalue weighted by atomic mass is 10.0. The minimum atomic E-state index is -5.07. The van der Waals surface area contributed by atoms with Crippen molar-refractivity contribution in [2.45, 2.75) is 12.4 Å². The Morgan fingerprint density at radius 1 is 0.870 bits per heavy atom. The van der Waals surface area contributed by atoms with Crippen molar-refractivity contribution in [2.24, 2.45) is 4.99 Å². The summed E-state index contributed by atoms with van der Waals surface area (Å²) in [7, 11) is 0. The third-order valence-corrected chi connectivity index (χ3v) is 2.89. The molecule has 2 rings (SSSR count). The maximum absolute atomic E-state index is 13.0. The minimum Gasteiger partial charge on any atom is -0.507 e. The topological polar surface area (TPSA) is 32.6 Å². The van der Waals surface area contributed by atoms with Gasteiger partial charge in [-0.25, -0.2) is 0 Å². The molecule has 0 amide bonds. The summed E-state index contributed by atoms with van der Waals surface area (Å²) < 4.78 is 76.8. The first-order chi connectivity index (χ1) is 10.6. The predicted molar refractivity (Wildman–Crippen MR) is 71.8 cm³/mol. The molecule has 0 radical (unpaired) electrons. The molecule has 122 valence electrons. The van der Waals surface area contributed by atoms with Crippen molar-refractivity contribution in [1.82, 2.24) is 0 Å². The van der Waals surface area contributed by atoms with Crippen molar-refractivity contribution in [1.29, 1.82) is 0 Å². The quantitative estimate of drug-likeness (QED) is 0.596. The van der Waals surface area contributed by atoms with Gasteiger partial charge >= 0.3 is 12.4 Å². The second-order valence-electron chi connectivity index (χ2n) is 4.55. The maximum Gasteiger partial charge on any atom is 0.417 e. The summed E-state index contributed by atoms with van der Waals surface area (Å²) in [6.07, 6.45) is -9.39. The molecule has 0 heterocycles. The van der Waals surface area contributed by atoms with Gasteiger partial charge in [0, 0.05) is 11.8 Å². The molecule has 0 aliphatic rings. The van der Waals surface area contributed by atoms with Gasteiger partial charge in [0.15, 0.2) is 0 Å². The molecule has 0 aliphatic heterocycles. The second-order valence-corrected chi connectivity index (χ2v) is 4.55. The zero-order chi connectivity index (χ0) is 17.3. The van der Waals surface area contributed by atoms with Crippen LogP contribution in [-0.2, 0) is 12.4 Å². The Hall–Kier alpha value is -2.51. The Labute approximate surface area is 126 Å². The fourth-order valence-electron chi connectivity index (χ4n) is 1.82. The van der Waals surface area contributed by atoms with Crippen LogP contribution >= 0.6 is 0 Å². The third kappa shape index (κ3) is 4.02. The molecule has 2 aromatic rings. The Balaban J connectivity index is 2.56. The van der Waals surface area contributed by atoms with Gasteiger partial charge in [-0.1, -0.05) is 18.2 Å². The molecular weight excluding hydrogens is 324 g/mol. The van der Waals surface area contributed by atoms with Gasteiger partial charge in [-0.05, 0) is 24.3 Å². The summed E-state index contributed by atoms with van der Waals surface area (Å²) in [5.74, 6) is -1.15. The smallest absolute Gasteiger partial charge is 0.417 e. The number of phenolic OH excluding ortho intramolecular Hbond substituents is 1. The summed E-state index contributed by atoms with van der Waals surface area (Å²) in [5, 5.41) is 9.59.